The number of carbonyl (C=O) groups is 2. The Morgan fingerprint density at radius 2 is 1.66 bits per heavy atom. The Bertz CT molecular complexity index is 908. The van der Waals surface area contributed by atoms with E-state index in [-0.39, 0.29) is 17.5 Å². The molecule has 0 unspecified atom stereocenters. The first kappa shape index (κ1) is 19.4. The van der Waals surface area contributed by atoms with Crippen molar-refractivity contribution < 1.29 is 23.5 Å². The van der Waals surface area contributed by atoms with E-state index in [0.717, 1.165) is 0 Å². The maximum atomic E-state index is 13.2. The normalized spacial score (nSPS) is 18.2. The second-order valence-corrected chi connectivity index (χ2v) is 7.39. The summed E-state index contributed by atoms with van der Waals surface area (Å²) in [4.78, 5) is 27.0. The number of fused-ring (bicyclic) bond motifs is 1. The van der Waals surface area contributed by atoms with Crippen LogP contribution in [0, 0.1) is 11.7 Å². The van der Waals surface area contributed by atoms with Gasteiger partial charge in [0.25, 0.3) is 0 Å². The number of ketones is 1. The van der Waals surface area contributed by atoms with E-state index in [2.05, 4.69) is 0 Å². The van der Waals surface area contributed by atoms with Gasteiger partial charge in [0.05, 0.1) is 0 Å². The molecule has 29 heavy (non-hydrogen) atoms. The zero-order valence-electron chi connectivity index (χ0n) is 16.0. The highest BCUT2D eigenvalue weighted by Gasteiger charge is 2.32. The van der Waals surface area contributed by atoms with Crippen molar-refractivity contribution in [3.8, 4) is 11.5 Å². The lowest BCUT2D eigenvalue weighted by Crippen LogP contribution is -2.43. The number of carbonyl (C=O) groups excluding carboxylic acids is 2. The lowest BCUT2D eigenvalue weighted by atomic mass is 9.87. The summed E-state index contributed by atoms with van der Waals surface area (Å²) in [6.45, 7) is 2.10. The summed E-state index contributed by atoms with van der Waals surface area (Å²) in [5, 5.41) is 0. The van der Waals surface area contributed by atoms with Crippen molar-refractivity contribution in [2.75, 3.05) is 26.3 Å². The van der Waals surface area contributed by atoms with Gasteiger partial charge in [0.2, 0.25) is 5.91 Å². The molecule has 6 nitrogen and oxygen atoms in total. The number of rotatable bonds is 5. The minimum absolute atomic E-state index is 0.0685. The van der Waals surface area contributed by atoms with Crippen molar-refractivity contribution in [2.24, 2.45) is 11.7 Å². The fourth-order valence-electron chi connectivity index (χ4n) is 4.05. The van der Waals surface area contributed by atoms with Gasteiger partial charge in [-0.25, -0.2) is 4.39 Å². The van der Waals surface area contributed by atoms with Crippen LogP contribution in [0.25, 0.3) is 0 Å². The van der Waals surface area contributed by atoms with Gasteiger partial charge < -0.3 is 15.2 Å². The van der Waals surface area contributed by atoms with Gasteiger partial charge in [-0.1, -0.05) is 12.1 Å². The molecular formula is C22H23FN2O4. The molecule has 1 saturated heterocycles. The average Bonchev–Trinajstić information content (AvgIpc) is 2.75. The van der Waals surface area contributed by atoms with Gasteiger partial charge in [0.15, 0.2) is 17.3 Å². The third-order valence-electron chi connectivity index (χ3n) is 5.55. The van der Waals surface area contributed by atoms with Crippen molar-refractivity contribution in [2.45, 2.75) is 18.9 Å². The zero-order chi connectivity index (χ0) is 20.4. The molecule has 2 aromatic rings. The van der Waals surface area contributed by atoms with Crippen LogP contribution in [0.4, 0.5) is 4.39 Å². The summed E-state index contributed by atoms with van der Waals surface area (Å²) >= 11 is 0. The molecule has 2 aromatic carbocycles. The summed E-state index contributed by atoms with van der Waals surface area (Å²) in [7, 11) is 0. The predicted molar refractivity (Wildman–Crippen MR) is 104 cm³/mol. The number of hydrogen-bond acceptors (Lipinski definition) is 5. The number of amides is 1. The Balaban J connectivity index is 1.43. The zero-order valence-corrected chi connectivity index (χ0v) is 16.0. The first-order valence-electron chi connectivity index (χ1n) is 9.75. The van der Waals surface area contributed by atoms with Crippen LogP contribution in [0.5, 0.6) is 11.5 Å². The van der Waals surface area contributed by atoms with Crippen LogP contribution in [0.15, 0.2) is 42.5 Å². The van der Waals surface area contributed by atoms with E-state index < -0.39 is 11.9 Å². The molecule has 0 bridgehead atoms. The number of piperidine rings is 1. The average molecular weight is 398 g/mol. The number of hydrogen-bond donors (Lipinski definition) is 1. The smallest absolute Gasteiger partial charge is 0.239 e. The number of ether oxygens (including phenoxy) is 2. The van der Waals surface area contributed by atoms with Crippen LogP contribution in [-0.2, 0) is 4.79 Å². The first-order valence-corrected chi connectivity index (χ1v) is 9.75. The lowest BCUT2D eigenvalue weighted by Gasteiger charge is -2.36. The molecule has 0 spiro atoms. The number of halogens is 1. The first-order chi connectivity index (χ1) is 14.0. The summed E-state index contributed by atoms with van der Waals surface area (Å²) in [5.74, 6) is 0.361. The van der Waals surface area contributed by atoms with Crippen LogP contribution in [-0.4, -0.2) is 42.9 Å². The monoisotopic (exact) mass is 398 g/mol. The molecule has 0 aliphatic carbocycles. The Morgan fingerprint density at radius 1 is 1.00 bits per heavy atom. The van der Waals surface area contributed by atoms with E-state index in [1.807, 2.05) is 4.90 Å². The third kappa shape index (κ3) is 4.10. The topological polar surface area (TPSA) is 81.9 Å². The minimum Gasteiger partial charge on any atom is -0.486 e. The van der Waals surface area contributed by atoms with Crippen LogP contribution in [0.1, 0.15) is 34.8 Å². The molecule has 2 aliphatic rings. The summed E-state index contributed by atoms with van der Waals surface area (Å²) in [6.07, 6.45) is 1.25. The van der Waals surface area contributed by atoms with Crippen LogP contribution >= 0.6 is 0 Å². The molecule has 0 aromatic heterocycles. The Labute approximate surface area is 168 Å². The molecule has 0 radical (unpaired) electrons. The van der Waals surface area contributed by atoms with Crippen molar-refractivity contribution in [3.63, 3.8) is 0 Å². The van der Waals surface area contributed by atoms with E-state index in [0.29, 0.717) is 61.8 Å². The molecule has 7 heteroatoms. The van der Waals surface area contributed by atoms with Crippen molar-refractivity contribution in [1.82, 2.24) is 4.90 Å². The fraction of sp³-hybridized carbons (Fsp3) is 0.364. The maximum absolute atomic E-state index is 13.2. The van der Waals surface area contributed by atoms with E-state index in [9.17, 15) is 14.0 Å². The molecule has 2 N–H and O–H groups in total. The Morgan fingerprint density at radius 3 is 2.31 bits per heavy atom. The number of primary amides is 1. The van der Waals surface area contributed by atoms with E-state index in [4.69, 9.17) is 15.2 Å². The third-order valence-corrected chi connectivity index (χ3v) is 5.55. The largest absolute Gasteiger partial charge is 0.486 e. The van der Waals surface area contributed by atoms with Crippen LogP contribution < -0.4 is 15.2 Å². The SMILES string of the molecule is NC(=O)[C@H](c1ccc(F)cc1)N1CCC(C(=O)c2ccc3c(c2)OCCO3)CC1. The van der Waals surface area contributed by atoms with Gasteiger partial charge in [-0.15, -0.1) is 0 Å². The summed E-state index contributed by atoms with van der Waals surface area (Å²) in [5.41, 5.74) is 6.89. The molecule has 1 fully saturated rings. The van der Waals surface area contributed by atoms with E-state index in [1.165, 1.54) is 12.1 Å². The van der Waals surface area contributed by atoms with Crippen molar-refractivity contribution in [3.05, 3.63) is 59.4 Å². The molecule has 0 saturated carbocycles. The molecular weight excluding hydrogens is 375 g/mol. The van der Waals surface area contributed by atoms with Gasteiger partial charge in [-0.05, 0) is 61.8 Å². The van der Waals surface area contributed by atoms with E-state index >= 15 is 0 Å². The maximum Gasteiger partial charge on any atom is 0.239 e. The highest BCUT2D eigenvalue weighted by atomic mass is 19.1. The lowest BCUT2D eigenvalue weighted by molar-refractivity contribution is -0.124. The number of likely N-dealkylation sites (tertiary alicyclic amines) is 1. The summed E-state index contributed by atoms with van der Waals surface area (Å²) < 4.78 is 24.3. The predicted octanol–water partition coefficient (Wildman–Crippen LogP) is 2.72. The quantitative estimate of drug-likeness (QED) is 0.784. The summed E-state index contributed by atoms with van der Waals surface area (Å²) in [6, 6.07) is 10.5. The Kier molecular flexibility index (Phi) is 5.49. The Hall–Kier alpha value is -2.93. The number of nitrogens with zero attached hydrogens (tertiary/aromatic N) is 1. The molecule has 1 amide bonds. The van der Waals surface area contributed by atoms with Crippen LogP contribution in [0.3, 0.4) is 0 Å². The second-order valence-electron chi connectivity index (χ2n) is 7.39. The highest BCUT2D eigenvalue weighted by Crippen LogP contribution is 2.33. The fourth-order valence-corrected chi connectivity index (χ4v) is 4.05. The standard InChI is InChI=1S/C22H23FN2O4/c23-17-4-1-14(2-5-17)20(22(24)27)25-9-7-15(8-10-25)21(26)16-3-6-18-19(13-16)29-12-11-28-18/h1-6,13,15,20H,7-12H2,(H2,24,27)/t20-/m0/s1. The number of nitrogens with two attached hydrogens (primary N) is 1. The molecule has 1 atom stereocenters. The number of Topliss-reactive ketones (excluding diaryl/α,β-unsaturated/α-hetero) is 1. The van der Waals surface area contributed by atoms with Gasteiger partial charge in [0, 0.05) is 11.5 Å². The minimum atomic E-state index is -0.624. The highest BCUT2D eigenvalue weighted by molar-refractivity contribution is 5.98. The molecule has 152 valence electrons. The van der Waals surface area contributed by atoms with Crippen molar-refractivity contribution >= 4 is 11.7 Å². The molecule has 4 rings (SSSR count). The van der Waals surface area contributed by atoms with Gasteiger partial charge in [0.1, 0.15) is 25.1 Å². The molecule has 2 heterocycles. The molecule has 2 aliphatic heterocycles. The second kappa shape index (κ2) is 8.21. The van der Waals surface area contributed by atoms with Gasteiger partial charge in [-0.2, -0.15) is 0 Å². The number of benzene rings is 2. The van der Waals surface area contributed by atoms with Crippen LogP contribution in [0.2, 0.25) is 0 Å². The van der Waals surface area contributed by atoms with Gasteiger partial charge >= 0.3 is 0 Å². The van der Waals surface area contributed by atoms with Crippen molar-refractivity contribution in [1.29, 1.82) is 0 Å². The van der Waals surface area contributed by atoms with E-state index in [1.54, 1.807) is 30.3 Å². The van der Waals surface area contributed by atoms with Gasteiger partial charge in [-0.3, -0.25) is 14.5 Å².